The Morgan fingerprint density at radius 1 is 0.425 bits per heavy atom. The van der Waals surface area contributed by atoms with Crippen molar-refractivity contribution in [3.63, 3.8) is 0 Å². The number of rotatable bonds is 0. The minimum absolute atomic E-state index is 0. The fourth-order valence-corrected chi connectivity index (χ4v) is 9.90. The molecule has 0 bridgehead atoms. The van der Waals surface area contributed by atoms with E-state index in [-0.39, 0.29) is 51.4 Å². The Bertz CT molecular complexity index is 791. The van der Waals surface area contributed by atoms with Gasteiger partial charge in [-0.05, 0) is 42.0 Å². The average molecular weight is 666 g/mol. The monoisotopic (exact) mass is 666 g/mol. The third-order valence-corrected chi connectivity index (χ3v) is 17.7. The molecule has 0 nitrogen and oxygen atoms in total. The maximum absolute atomic E-state index is 3.91. The average Bonchev–Trinajstić information content (AvgIpc) is 2.62. The van der Waals surface area contributed by atoms with Gasteiger partial charge in [-0.1, -0.05) is 182 Å². The summed E-state index contributed by atoms with van der Waals surface area (Å²) < 4.78 is 0. The molecule has 0 N–H and O–H groups in total. The number of benzene rings is 1. The Morgan fingerprint density at radius 3 is 0.725 bits per heavy atom. The molecule has 1 aromatic carbocycles. The standard InChI is InChI=1S/C18H30P.2C9H21Si.GeH/c1-16(2,3)12-10-13(17(4,5)6)15(19)14(11-12)18(7,8)9;2*1-8(2,3)10(7)9(4,5)6;/h10-11,19H,1-9H3;2*1-7H3;1H/q-1;;;. The Hall–Kier alpha value is 0.627. The second-order valence-corrected chi connectivity index (χ2v) is 27.9. The van der Waals surface area contributed by atoms with Crippen molar-refractivity contribution < 1.29 is 0 Å². The number of hydrogen-bond donors (Lipinski definition) is 0. The molecule has 0 fully saturated rings. The predicted octanol–water partition coefficient (Wildman–Crippen LogP) is 12.1. The molecule has 0 unspecified atom stereocenters. The SMILES string of the molecule is CC(C)(C)c1cc(C(C)(C)C)c([PH-])c(C(C)(C)C)c1.C[Si](C(C)(C)C)C(C)(C)C.C[Si](C(C)(C)C)C(C)(C)C.[GeH]. The fraction of sp³-hybridized carbons (Fsp3) is 0.833. The molecule has 0 heterocycles. The third kappa shape index (κ3) is 15.9. The summed E-state index contributed by atoms with van der Waals surface area (Å²) in [7, 11) is 3.47. The summed E-state index contributed by atoms with van der Waals surface area (Å²) in [6.07, 6.45) is 0. The van der Waals surface area contributed by atoms with E-state index in [1.807, 2.05) is 0 Å². The predicted molar refractivity (Wildman–Crippen MR) is 200 cm³/mol. The van der Waals surface area contributed by atoms with Crippen LogP contribution in [0.3, 0.4) is 0 Å². The van der Waals surface area contributed by atoms with E-state index in [0.29, 0.717) is 20.2 Å². The van der Waals surface area contributed by atoms with Crippen molar-refractivity contribution in [2.75, 3.05) is 0 Å². The molecule has 0 aliphatic rings. The van der Waals surface area contributed by atoms with Gasteiger partial charge in [-0.25, -0.2) is 0 Å². The van der Waals surface area contributed by atoms with Gasteiger partial charge in [0.15, 0.2) is 0 Å². The van der Waals surface area contributed by atoms with Gasteiger partial charge < -0.3 is 9.24 Å². The zero-order chi connectivity index (χ0) is 32.4. The van der Waals surface area contributed by atoms with E-state index in [1.165, 1.54) is 22.0 Å². The van der Waals surface area contributed by atoms with Crippen molar-refractivity contribution >= 4 is 49.7 Å². The summed E-state index contributed by atoms with van der Waals surface area (Å²) >= 11 is 0. The van der Waals surface area contributed by atoms with Gasteiger partial charge in [0.05, 0.1) is 17.6 Å². The Balaban J connectivity index is -0.000000557. The summed E-state index contributed by atoms with van der Waals surface area (Å²) in [5.74, 6) is 0. The van der Waals surface area contributed by atoms with Crippen LogP contribution in [-0.4, -0.2) is 35.2 Å². The summed E-state index contributed by atoms with van der Waals surface area (Å²) in [6.45, 7) is 53.7. The van der Waals surface area contributed by atoms with E-state index >= 15 is 0 Å². The number of hydrogen-bond acceptors (Lipinski definition) is 0. The second kappa shape index (κ2) is 15.1. The molecule has 235 valence electrons. The molecule has 0 saturated heterocycles. The molecule has 0 saturated carbocycles. The van der Waals surface area contributed by atoms with Gasteiger partial charge in [-0.15, -0.1) is 0 Å². The topological polar surface area (TPSA) is 0 Å². The molecule has 0 aliphatic heterocycles. The molecule has 0 aliphatic carbocycles. The molecule has 5 radical (unpaired) electrons. The van der Waals surface area contributed by atoms with Gasteiger partial charge in [-0.3, -0.25) is 0 Å². The van der Waals surface area contributed by atoms with Crippen LogP contribution in [0.25, 0.3) is 0 Å². The summed E-state index contributed by atoms with van der Waals surface area (Å²) in [5.41, 5.74) is 4.71. The first-order valence-corrected chi connectivity index (χ1v) is 19.7. The third-order valence-electron chi connectivity index (χ3n) is 8.12. The molecular formula is C36H73GePSi2-. The molecule has 1 aromatic rings. The van der Waals surface area contributed by atoms with Gasteiger partial charge in [0.2, 0.25) is 0 Å². The van der Waals surface area contributed by atoms with Crippen molar-refractivity contribution in [3.8, 4) is 0 Å². The van der Waals surface area contributed by atoms with Gasteiger partial charge in [0.25, 0.3) is 0 Å². The van der Waals surface area contributed by atoms with Crippen molar-refractivity contribution in [3.05, 3.63) is 28.8 Å². The van der Waals surface area contributed by atoms with E-state index in [1.54, 1.807) is 0 Å². The van der Waals surface area contributed by atoms with Crippen molar-refractivity contribution in [2.24, 2.45) is 0 Å². The van der Waals surface area contributed by atoms with Crippen LogP contribution in [0.1, 0.15) is 162 Å². The normalized spacial score (nSPS) is 13.8. The van der Waals surface area contributed by atoms with E-state index in [9.17, 15) is 0 Å². The van der Waals surface area contributed by atoms with E-state index in [4.69, 9.17) is 0 Å². The van der Waals surface area contributed by atoms with Crippen LogP contribution in [0, 0.1) is 0 Å². The van der Waals surface area contributed by atoms with Crippen LogP contribution >= 0.6 is 9.24 Å². The Labute approximate surface area is 272 Å². The van der Waals surface area contributed by atoms with Crippen molar-refractivity contribution in [1.82, 2.24) is 0 Å². The zero-order valence-corrected chi connectivity index (χ0v) is 37.2. The molecule has 0 amide bonds. The van der Waals surface area contributed by atoms with Crippen LogP contribution in [0.2, 0.25) is 33.2 Å². The molecule has 1 rings (SSSR count). The Kier molecular flexibility index (Phi) is 17.0. The first-order chi connectivity index (χ1) is 16.6. The van der Waals surface area contributed by atoms with Gasteiger partial charge in [0.1, 0.15) is 0 Å². The first-order valence-electron chi connectivity index (χ1n) is 15.2. The van der Waals surface area contributed by atoms with Crippen LogP contribution in [0.4, 0.5) is 0 Å². The summed E-state index contributed by atoms with van der Waals surface area (Å²) in [5, 5.41) is 3.45. The quantitative estimate of drug-likeness (QED) is 0.191. The van der Waals surface area contributed by atoms with Crippen molar-refractivity contribution in [1.29, 1.82) is 0 Å². The molecule has 0 spiro atoms. The summed E-state index contributed by atoms with van der Waals surface area (Å²) in [4.78, 5) is 0. The van der Waals surface area contributed by atoms with E-state index in [2.05, 4.69) is 180 Å². The molecule has 0 aromatic heterocycles. The Morgan fingerprint density at radius 2 is 0.625 bits per heavy atom. The molecule has 0 atom stereocenters. The van der Waals surface area contributed by atoms with Crippen LogP contribution < -0.4 is 5.30 Å². The molecular weight excluding hydrogens is 592 g/mol. The summed E-state index contributed by atoms with van der Waals surface area (Å²) in [6, 6.07) is 4.75. The van der Waals surface area contributed by atoms with Crippen molar-refractivity contribution in [2.45, 2.75) is 195 Å². The second-order valence-electron chi connectivity index (χ2n) is 18.9. The van der Waals surface area contributed by atoms with Crippen LogP contribution in [0.5, 0.6) is 0 Å². The van der Waals surface area contributed by atoms with Gasteiger partial charge in [0, 0.05) is 0 Å². The van der Waals surface area contributed by atoms with Crippen LogP contribution in [-0.2, 0) is 16.2 Å². The van der Waals surface area contributed by atoms with E-state index < -0.39 is 0 Å². The molecule has 40 heavy (non-hydrogen) atoms. The fourth-order valence-electron chi connectivity index (χ4n) is 4.51. The van der Waals surface area contributed by atoms with Gasteiger partial charge in [-0.2, -0.15) is 5.30 Å². The maximum atomic E-state index is 3.91. The zero-order valence-electron chi connectivity index (χ0n) is 31.7. The molecule has 4 heteroatoms. The van der Waals surface area contributed by atoms with Gasteiger partial charge >= 0.3 is 17.6 Å². The van der Waals surface area contributed by atoms with E-state index in [0.717, 1.165) is 0 Å². The van der Waals surface area contributed by atoms with Crippen LogP contribution in [0.15, 0.2) is 12.1 Å². The first kappa shape index (κ1) is 45.1. The minimum atomic E-state index is -0.221.